The molecule has 0 amide bonds. The fraction of sp³-hybridized carbons (Fsp3) is 0.227. The van der Waals surface area contributed by atoms with Crippen LogP contribution in [0.1, 0.15) is 35.0 Å². The molecule has 148 valence electrons. The van der Waals surface area contributed by atoms with E-state index in [2.05, 4.69) is 27.5 Å². The second kappa shape index (κ2) is 8.01. The third-order valence-electron chi connectivity index (χ3n) is 4.96. The predicted octanol–water partition coefficient (Wildman–Crippen LogP) is 6.34. The van der Waals surface area contributed by atoms with E-state index in [-0.39, 0.29) is 11.7 Å². The molecule has 2 aromatic carbocycles. The van der Waals surface area contributed by atoms with Gasteiger partial charge in [0.05, 0.1) is 11.3 Å². The fourth-order valence-electron chi connectivity index (χ4n) is 3.45. The summed E-state index contributed by atoms with van der Waals surface area (Å²) in [6.45, 7) is 3.98. The van der Waals surface area contributed by atoms with E-state index in [1.807, 2.05) is 37.3 Å². The molecule has 1 atom stereocenters. The van der Waals surface area contributed by atoms with Crippen molar-refractivity contribution in [3.05, 3.63) is 69.3 Å². The van der Waals surface area contributed by atoms with Gasteiger partial charge in [-0.2, -0.15) is 4.98 Å². The van der Waals surface area contributed by atoms with Crippen molar-refractivity contribution in [3.8, 4) is 0 Å². The molecule has 1 unspecified atom stereocenters. The third-order valence-corrected chi connectivity index (χ3v) is 5.62. The predicted molar refractivity (Wildman–Crippen MR) is 118 cm³/mol. The first-order chi connectivity index (χ1) is 13.9. The summed E-state index contributed by atoms with van der Waals surface area (Å²) in [7, 11) is 0. The number of halogens is 2. The molecule has 0 bridgehead atoms. The maximum absolute atomic E-state index is 12.8. The maximum Gasteiger partial charge on any atom is 0.229 e. The standard InChI is InChI=1S/C22H20Cl2N4O/c1-12-10-18-20(19(29)11-12)21(26-17-5-3-4-16(24)13(17)2)28-22(27-18)25-15-8-6-14(23)7-9-15/h3-9,12H,10-11H2,1-2H3,(H2,25,26,27,28). The normalized spacial score (nSPS) is 15.7. The highest BCUT2D eigenvalue weighted by molar-refractivity contribution is 6.31. The molecule has 29 heavy (non-hydrogen) atoms. The van der Waals surface area contributed by atoms with Gasteiger partial charge < -0.3 is 10.6 Å². The largest absolute Gasteiger partial charge is 0.339 e. The van der Waals surface area contributed by atoms with E-state index in [4.69, 9.17) is 23.2 Å². The van der Waals surface area contributed by atoms with Crippen molar-refractivity contribution < 1.29 is 4.79 Å². The number of benzene rings is 2. The average Bonchev–Trinajstić information content (AvgIpc) is 2.66. The summed E-state index contributed by atoms with van der Waals surface area (Å²) < 4.78 is 0. The molecule has 1 aliphatic rings. The van der Waals surface area contributed by atoms with Crippen LogP contribution in [0.4, 0.5) is 23.1 Å². The zero-order chi connectivity index (χ0) is 20.5. The van der Waals surface area contributed by atoms with Crippen LogP contribution in [0.25, 0.3) is 0 Å². The minimum atomic E-state index is 0.0546. The molecule has 0 fully saturated rings. The summed E-state index contributed by atoms with van der Waals surface area (Å²) in [5.41, 5.74) is 3.83. The summed E-state index contributed by atoms with van der Waals surface area (Å²) in [5.74, 6) is 1.22. The van der Waals surface area contributed by atoms with Crippen molar-refractivity contribution in [3.63, 3.8) is 0 Å². The van der Waals surface area contributed by atoms with Crippen molar-refractivity contribution in [1.82, 2.24) is 9.97 Å². The molecule has 1 aliphatic carbocycles. The highest BCUT2D eigenvalue weighted by Crippen LogP contribution is 2.33. The smallest absolute Gasteiger partial charge is 0.229 e. The number of Topliss-reactive ketones (excluding diaryl/α,β-unsaturated/α-hetero) is 1. The van der Waals surface area contributed by atoms with E-state index >= 15 is 0 Å². The molecule has 7 heteroatoms. The van der Waals surface area contributed by atoms with Crippen molar-refractivity contribution in [2.75, 3.05) is 10.6 Å². The SMILES string of the molecule is Cc1c(Cl)cccc1Nc1nc(Nc2ccc(Cl)cc2)nc2c1C(=O)CC(C)C2. The van der Waals surface area contributed by atoms with Gasteiger partial charge in [-0.25, -0.2) is 4.98 Å². The van der Waals surface area contributed by atoms with Gasteiger partial charge in [-0.05, 0) is 61.2 Å². The molecule has 0 saturated heterocycles. The van der Waals surface area contributed by atoms with Gasteiger partial charge in [0.2, 0.25) is 5.95 Å². The lowest BCUT2D eigenvalue weighted by Gasteiger charge is -2.23. The van der Waals surface area contributed by atoms with Crippen LogP contribution < -0.4 is 10.6 Å². The second-order valence-corrected chi connectivity index (χ2v) is 8.17. The molecular formula is C22H20Cl2N4O. The molecule has 3 aromatic rings. The van der Waals surface area contributed by atoms with E-state index in [9.17, 15) is 4.79 Å². The average molecular weight is 427 g/mol. The highest BCUT2D eigenvalue weighted by Gasteiger charge is 2.28. The van der Waals surface area contributed by atoms with Crippen LogP contribution in [0.3, 0.4) is 0 Å². The van der Waals surface area contributed by atoms with Crippen LogP contribution in [0.15, 0.2) is 42.5 Å². The van der Waals surface area contributed by atoms with E-state index in [0.717, 1.165) is 29.1 Å². The highest BCUT2D eigenvalue weighted by atomic mass is 35.5. The van der Waals surface area contributed by atoms with Crippen molar-refractivity contribution in [1.29, 1.82) is 0 Å². The Balaban J connectivity index is 1.77. The summed E-state index contributed by atoms with van der Waals surface area (Å²) >= 11 is 12.2. The molecule has 1 heterocycles. The van der Waals surface area contributed by atoms with E-state index in [1.165, 1.54) is 0 Å². The second-order valence-electron chi connectivity index (χ2n) is 7.32. The molecule has 0 saturated carbocycles. The van der Waals surface area contributed by atoms with Crippen LogP contribution in [-0.2, 0) is 6.42 Å². The Hall–Kier alpha value is -2.63. The van der Waals surface area contributed by atoms with Gasteiger partial charge >= 0.3 is 0 Å². The molecule has 0 radical (unpaired) electrons. The van der Waals surface area contributed by atoms with E-state index < -0.39 is 0 Å². The number of rotatable bonds is 4. The van der Waals surface area contributed by atoms with Gasteiger partial charge in [0, 0.05) is 27.8 Å². The number of aromatic nitrogens is 2. The fourth-order valence-corrected chi connectivity index (χ4v) is 3.75. The monoisotopic (exact) mass is 426 g/mol. The van der Waals surface area contributed by atoms with Crippen LogP contribution in [0.2, 0.25) is 10.0 Å². The van der Waals surface area contributed by atoms with Crippen LogP contribution in [0, 0.1) is 12.8 Å². The summed E-state index contributed by atoms with van der Waals surface area (Å²) in [5, 5.41) is 7.81. The number of hydrogen-bond acceptors (Lipinski definition) is 5. The number of ketones is 1. The molecule has 5 nitrogen and oxygen atoms in total. The lowest BCUT2D eigenvalue weighted by Crippen LogP contribution is -2.22. The number of carbonyl (C=O) groups is 1. The van der Waals surface area contributed by atoms with Gasteiger partial charge in [-0.1, -0.05) is 36.2 Å². The Morgan fingerprint density at radius 1 is 1.00 bits per heavy atom. The zero-order valence-corrected chi connectivity index (χ0v) is 17.6. The van der Waals surface area contributed by atoms with Gasteiger partial charge in [-0.15, -0.1) is 0 Å². The van der Waals surface area contributed by atoms with Gasteiger partial charge in [0.15, 0.2) is 5.78 Å². The quantitative estimate of drug-likeness (QED) is 0.508. The number of nitrogens with zero attached hydrogens (tertiary/aromatic N) is 2. The van der Waals surface area contributed by atoms with Crippen molar-refractivity contribution >= 4 is 52.1 Å². The molecule has 0 aliphatic heterocycles. The zero-order valence-electron chi connectivity index (χ0n) is 16.1. The third kappa shape index (κ3) is 4.21. The van der Waals surface area contributed by atoms with E-state index in [0.29, 0.717) is 33.8 Å². The van der Waals surface area contributed by atoms with Crippen molar-refractivity contribution in [2.24, 2.45) is 5.92 Å². The maximum atomic E-state index is 12.8. The topological polar surface area (TPSA) is 66.9 Å². The van der Waals surface area contributed by atoms with Crippen LogP contribution >= 0.6 is 23.2 Å². The number of anilines is 4. The number of hydrogen-bond donors (Lipinski definition) is 2. The Labute approximate surface area is 179 Å². The lowest BCUT2D eigenvalue weighted by atomic mass is 9.87. The minimum absolute atomic E-state index is 0.0546. The number of carbonyl (C=O) groups excluding carboxylic acids is 1. The van der Waals surface area contributed by atoms with Gasteiger partial charge in [-0.3, -0.25) is 4.79 Å². The molecular weight excluding hydrogens is 407 g/mol. The van der Waals surface area contributed by atoms with Crippen LogP contribution in [0.5, 0.6) is 0 Å². The first-order valence-electron chi connectivity index (χ1n) is 9.39. The van der Waals surface area contributed by atoms with Gasteiger partial charge in [0.25, 0.3) is 0 Å². The molecule has 2 N–H and O–H groups in total. The Morgan fingerprint density at radius 2 is 1.76 bits per heavy atom. The first-order valence-corrected chi connectivity index (χ1v) is 10.1. The molecule has 0 spiro atoms. The first kappa shape index (κ1) is 19.7. The molecule has 1 aromatic heterocycles. The Kier molecular flexibility index (Phi) is 5.43. The Bertz CT molecular complexity index is 1080. The number of fused-ring (bicyclic) bond motifs is 1. The van der Waals surface area contributed by atoms with Crippen molar-refractivity contribution in [2.45, 2.75) is 26.7 Å². The summed E-state index contributed by atoms with van der Waals surface area (Å²) in [6.07, 6.45) is 1.21. The summed E-state index contributed by atoms with van der Waals surface area (Å²) in [4.78, 5) is 22.0. The Morgan fingerprint density at radius 3 is 2.52 bits per heavy atom. The molecule has 4 rings (SSSR count). The summed E-state index contributed by atoms with van der Waals surface area (Å²) in [6, 6.07) is 12.9. The van der Waals surface area contributed by atoms with Crippen LogP contribution in [-0.4, -0.2) is 15.8 Å². The van der Waals surface area contributed by atoms with E-state index in [1.54, 1.807) is 12.1 Å². The van der Waals surface area contributed by atoms with Gasteiger partial charge in [0.1, 0.15) is 5.82 Å². The minimum Gasteiger partial charge on any atom is -0.339 e. The number of nitrogens with one attached hydrogen (secondary N) is 2. The lowest BCUT2D eigenvalue weighted by molar-refractivity contribution is 0.0953.